The number of ether oxygens (including phenoxy) is 1. The van der Waals surface area contributed by atoms with Crippen LogP contribution in [0.25, 0.3) is 0 Å². The second kappa shape index (κ2) is 18.0. The van der Waals surface area contributed by atoms with Gasteiger partial charge in [0.05, 0.1) is 11.9 Å². The maximum absolute atomic E-state index is 14.4. The Morgan fingerprint density at radius 1 is 0.963 bits per heavy atom. The molecule has 0 spiro atoms. The summed E-state index contributed by atoms with van der Waals surface area (Å²) in [6.45, 7) is 6.95. The number of nitrogens with zero attached hydrogens (tertiary/aromatic N) is 4. The first-order valence-electron chi connectivity index (χ1n) is 18.6. The summed E-state index contributed by atoms with van der Waals surface area (Å²) in [6.07, 6.45) is 4.68. The fourth-order valence-corrected chi connectivity index (χ4v) is 7.24. The van der Waals surface area contributed by atoms with E-state index in [1.54, 1.807) is 49.5 Å². The number of urea groups is 1. The average molecular weight is 747 g/mol. The Hall–Kier alpha value is -5.54. The zero-order valence-corrected chi connectivity index (χ0v) is 31.2. The molecule has 16 nitrogen and oxygen atoms in total. The summed E-state index contributed by atoms with van der Waals surface area (Å²) in [5.41, 5.74) is 1.12. The van der Waals surface area contributed by atoms with E-state index in [1.807, 2.05) is 19.9 Å². The minimum absolute atomic E-state index is 0.0554. The fourth-order valence-electron chi connectivity index (χ4n) is 7.24. The summed E-state index contributed by atoms with van der Waals surface area (Å²) >= 11 is 0. The second-order valence-corrected chi connectivity index (χ2v) is 14.2. The molecule has 0 saturated carbocycles. The van der Waals surface area contributed by atoms with Gasteiger partial charge in [-0.05, 0) is 63.1 Å². The molecule has 7 atom stereocenters. The van der Waals surface area contributed by atoms with Crippen molar-refractivity contribution in [2.75, 3.05) is 31.6 Å². The molecule has 4 heterocycles. The van der Waals surface area contributed by atoms with Gasteiger partial charge in [-0.15, -0.1) is 0 Å². The predicted molar refractivity (Wildman–Crippen MR) is 196 cm³/mol. The van der Waals surface area contributed by atoms with E-state index in [-0.39, 0.29) is 32.0 Å². The van der Waals surface area contributed by atoms with Crippen molar-refractivity contribution in [1.82, 2.24) is 35.6 Å². The van der Waals surface area contributed by atoms with Crippen LogP contribution in [0.1, 0.15) is 58.9 Å². The van der Waals surface area contributed by atoms with Crippen molar-refractivity contribution in [3.05, 3.63) is 60.4 Å². The monoisotopic (exact) mass is 746 g/mol. The van der Waals surface area contributed by atoms with Crippen molar-refractivity contribution in [1.29, 1.82) is 0 Å². The number of amides is 7. The Bertz CT molecular complexity index is 1690. The SMILES string of the molecule is CCCN1C(=O)[C@@H]2CCCN2C(=O)[C@@H](NC(=O)[C@H](Cc2ccccc2)NC(=O)Nc2cccnc2)COC(=O)[C@@H]2C[C@@H](C)CN2C(=O)[C@H](C)NC(=O)[C@@H]1C. The summed E-state index contributed by atoms with van der Waals surface area (Å²) < 4.78 is 5.72. The van der Waals surface area contributed by atoms with Crippen molar-refractivity contribution in [3.8, 4) is 0 Å². The maximum Gasteiger partial charge on any atom is 0.328 e. The molecule has 0 bridgehead atoms. The summed E-state index contributed by atoms with van der Waals surface area (Å²) in [7, 11) is 0. The van der Waals surface area contributed by atoms with Gasteiger partial charge in [-0.2, -0.15) is 0 Å². The molecule has 0 radical (unpaired) electrons. The third kappa shape index (κ3) is 9.51. The van der Waals surface area contributed by atoms with Crippen molar-refractivity contribution in [3.63, 3.8) is 0 Å². The number of cyclic esters (lactones) is 1. The number of nitrogens with one attached hydrogen (secondary N) is 4. The standard InChI is InChI=1S/C38H50N8O8/c1-5-16-44-25(4)32(47)40-24(3)34(49)46-21-23(2)18-31(46)37(52)54-22-29(35(50)45-17-10-14-30(45)36(44)51)42-33(48)28(19-26-11-7-6-8-12-26)43-38(53)41-27-13-9-15-39-20-27/h6-9,11-13,15,20,23-25,28-31H,5,10,14,16-19,21-22H2,1-4H3,(H,40,47)(H,42,48)(H2,41,43,53)/t23-,24+,25+,28+,29+,30+,31+/m1/s1. The van der Waals surface area contributed by atoms with E-state index >= 15 is 0 Å². The van der Waals surface area contributed by atoms with Crippen LogP contribution in [0.3, 0.4) is 0 Å². The Morgan fingerprint density at radius 3 is 2.43 bits per heavy atom. The topological polar surface area (TPSA) is 199 Å². The molecule has 3 aliphatic rings. The van der Waals surface area contributed by atoms with Gasteiger partial charge in [0.2, 0.25) is 29.5 Å². The largest absolute Gasteiger partial charge is 0.461 e. The number of hydrogen-bond acceptors (Lipinski definition) is 9. The van der Waals surface area contributed by atoms with Gasteiger partial charge in [-0.25, -0.2) is 9.59 Å². The van der Waals surface area contributed by atoms with Crippen LogP contribution >= 0.6 is 0 Å². The highest BCUT2D eigenvalue weighted by molar-refractivity contribution is 5.98. The Morgan fingerprint density at radius 2 is 1.72 bits per heavy atom. The lowest BCUT2D eigenvalue weighted by Crippen LogP contribution is -2.61. The number of anilines is 1. The lowest BCUT2D eigenvalue weighted by molar-refractivity contribution is -0.158. The number of aromatic nitrogens is 1. The molecule has 16 heteroatoms. The molecule has 3 fully saturated rings. The number of rotatable bonds is 8. The predicted octanol–water partition coefficient (Wildman–Crippen LogP) is 1.22. The van der Waals surface area contributed by atoms with Gasteiger partial charge in [-0.3, -0.25) is 29.0 Å². The van der Waals surface area contributed by atoms with E-state index < -0.39 is 84.4 Å². The van der Waals surface area contributed by atoms with Crippen LogP contribution in [0.4, 0.5) is 10.5 Å². The Kier molecular flexibility index (Phi) is 13.2. The average Bonchev–Trinajstić information content (AvgIpc) is 3.81. The van der Waals surface area contributed by atoms with Gasteiger partial charge in [0.15, 0.2) is 0 Å². The van der Waals surface area contributed by atoms with Gasteiger partial charge in [-0.1, -0.05) is 44.2 Å². The van der Waals surface area contributed by atoms with Crippen LogP contribution in [0, 0.1) is 5.92 Å². The highest BCUT2D eigenvalue weighted by Gasteiger charge is 2.45. The number of fused-ring (bicyclic) bond motifs is 2. The lowest BCUT2D eigenvalue weighted by atomic mass is 10.0. The van der Waals surface area contributed by atoms with Crippen molar-refractivity contribution in [2.24, 2.45) is 5.92 Å². The molecule has 0 aliphatic carbocycles. The summed E-state index contributed by atoms with van der Waals surface area (Å²) in [4.78, 5) is 105. The van der Waals surface area contributed by atoms with Gasteiger partial charge in [0.25, 0.3) is 0 Å². The van der Waals surface area contributed by atoms with E-state index in [2.05, 4.69) is 26.3 Å². The van der Waals surface area contributed by atoms with Crippen molar-refractivity contribution >= 4 is 47.2 Å². The number of hydrogen-bond donors (Lipinski definition) is 4. The molecule has 0 unspecified atom stereocenters. The number of pyridine rings is 1. The summed E-state index contributed by atoms with van der Waals surface area (Å²) in [5, 5.41) is 10.8. The van der Waals surface area contributed by atoms with Crippen LogP contribution < -0.4 is 21.3 Å². The van der Waals surface area contributed by atoms with Crippen molar-refractivity contribution < 1.29 is 38.3 Å². The highest BCUT2D eigenvalue weighted by atomic mass is 16.5. The van der Waals surface area contributed by atoms with Crippen molar-refractivity contribution in [2.45, 2.75) is 96.1 Å². The molecule has 5 rings (SSSR count). The molecule has 2 aromatic rings. The highest BCUT2D eigenvalue weighted by Crippen LogP contribution is 2.26. The smallest absolute Gasteiger partial charge is 0.328 e. The van der Waals surface area contributed by atoms with Crippen LogP contribution in [-0.2, 0) is 39.9 Å². The normalized spacial score (nSPS) is 26.0. The molecule has 290 valence electrons. The number of carbonyl (C=O) groups is 7. The summed E-state index contributed by atoms with van der Waals surface area (Å²) in [5.74, 6) is -3.68. The van der Waals surface area contributed by atoms with E-state index in [9.17, 15) is 33.6 Å². The van der Waals surface area contributed by atoms with Gasteiger partial charge in [0, 0.05) is 32.3 Å². The van der Waals surface area contributed by atoms with E-state index in [0.717, 1.165) is 5.56 Å². The van der Waals surface area contributed by atoms with Crippen LogP contribution in [0.15, 0.2) is 54.9 Å². The molecular weight excluding hydrogens is 696 g/mol. The molecule has 3 aliphatic heterocycles. The second-order valence-electron chi connectivity index (χ2n) is 14.2. The first-order valence-corrected chi connectivity index (χ1v) is 18.6. The number of carbonyl (C=O) groups excluding carboxylic acids is 7. The molecule has 4 N–H and O–H groups in total. The quantitative estimate of drug-likeness (QED) is 0.287. The zero-order valence-electron chi connectivity index (χ0n) is 31.2. The Labute approximate surface area is 314 Å². The number of benzene rings is 1. The third-order valence-corrected chi connectivity index (χ3v) is 10.0. The molecule has 1 aromatic carbocycles. The van der Waals surface area contributed by atoms with Gasteiger partial charge < -0.3 is 40.7 Å². The van der Waals surface area contributed by atoms with E-state index in [1.165, 1.54) is 27.8 Å². The first kappa shape index (κ1) is 39.7. The van der Waals surface area contributed by atoms with Crippen LogP contribution in [0.5, 0.6) is 0 Å². The van der Waals surface area contributed by atoms with E-state index in [0.29, 0.717) is 31.4 Å². The van der Waals surface area contributed by atoms with Gasteiger partial charge >= 0.3 is 12.0 Å². The third-order valence-electron chi connectivity index (χ3n) is 10.0. The molecule has 3 saturated heterocycles. The first-order chi connectivity index (χ1) is 25.9. The van der Waals surface area contributed by atoms with Crippen LogP contribution in [0.2, 0.25) is 0 Å². The maximum atomic E-state index is 14.4. The summed E-state index contributed by atoms with van der Waals surface area (Å²) in [6, 6.07) is 5.04. The minimum Gasteiger partial charge on any atom is -0.461 e. The van der Waals surface area contributed by atoms with Gasteiger partial charge in [0.1, 0.15) is 42.9 Å². The molecule has 1 aromatic heterocycles. The molecule has 54 heavy (non-hydrogen) atoms. The Balaban J connectivity index is 1.46. The minimum atomic E-state index is -1.45. The van der Waals surface area contributed by atoms with Crippen LogP contribution in [-0.4, -0.2) is 124 Å². The zero-order chi connectivity index (χ0) is 38.9. The van der Waals surface area contributed by atoms with E-state index in [4.69, 9.17) is 4.74 Å². The lowest BCUT2D eigenvalue weighted by Gasteiger charge is -2.36. The molecule has 7 amide bonds. The number of esters is 1. The fraction of sp³-hybridized carbons (Fsp3) is 0.526. The molecular formula is C38H50N8O8.